The Morgan fingerprint density at radius 1 is 1.14 bits per heavy atom. The van der Waals surface area contributed by atoms with E-state index in [4.69, 9.17) is 10.2 Å². The summed E-state index contributed by atoms with van der Waals surface area (Å²) in [7, 11) is 0. The normalized spacial score (nSPS) is 12.6. The lowest BCUT2D eigenvalue weighted by Crippen LogP contribution is -2.17. The summed E-state index contributed by atoms with van der Waals surface area (Å²) in [5, 5.41) is 0. The Balaban J connectivity index is 0.00000220. The molecule has 7 heteroatoms. The highest BCUT2D eigenvalue weighted by Gasteiger charge is 2.31. The molecule has 1 heterocycles. The van der Waals surface area contributed by atoms with Gasteiger partial charge in [0.2, 0.25) is 0 Å². The van der Waals surface area contributed by atoms with E-state index in [0.717, 1.165) is 12.2 Å². The van der Waals surface area contributed by atoms with Gasteiger partial charge in [-0.25, -0.2) is 0 Å². The minimum atomic E-state index is -4.69. The largest absolute Gasteiger partial charge is 0.573 e. The van der Waals surface area contributed by atoms with Crippen molar-refractivity contribution in [3.05, 3.63) is 53.5 Å². The Kier molecular flexibility index (Phi) is 5.69. The van der Waals surface area contributed by atoms with E-state index in [2.05, 4.69) is 4.74 Å². The number of benzene rings is 1. The van der Waals surface area contributed by atoms with Crippen LogP contribution >= 0.6 is 12.4 Å². The van der Waals surface area contributed by atoms with Crippen LogP contribution in [0.25, 0.3) is 0 Å². The zero-order valence-corrected chi connectivity index (χ0v) is 12.0. The number of halogens is 4. The molecule has 0 saturated carbocycles. The van der Waals surface area contributed by atoms with Crippen molar-refractivity contribution in [1.82, 2.24) is 0 Å². The second-order valence-corrected chi connectivity index (χ2v) is 4.25. The Bertz CT molecular complexity index is 566. The lowest BCUT2D eigenvalue weighted by atomic mass is 10.1. The molecule has 2 N–H and O–H groups in total. The standard InChI is InChI=1S/C14H14F3NO2.ClH/c1-2-10-7-8-12(19-10)13(18)9-3-5-11(6-4-9)20-14(15,16)17;/h3-8,13H,2,18H2,1H3;1H/t13-;/m1./s1. The third-order valence-electron chi connectivity index (χ3n) is 2.81. The van der Waals surface area contributed by atoms with Crippen LogP contribution in [0.2, 0.25) is 0 Å². The molecule has 116 valence electrons. The number of rotatable bonds is 4. The molecular formula is C14H15ClF3NO2. The van der Waals surface area contributed by atoms with Gasteiger partial charge < -0.3 is 14.9 Å². The molecule has 21 heavy (non-hydrogen) atoms. The molecule has 0 spiro atoms. The summed E-state index contributed by atoms with van der Waals surface area (Å²) >= 11 is 0. The first-order valence-corrected chi connectivity index (χ1v) is 6.09. The number of furan rings is 1. The smallest absolute Gasteiger partial charge is 0.464 e. The quantitative estimate of drug-likeness (QED) is 0.917. The predicted octanol–water partition coefficient (Wildman–Crippen LogP) is 4.21. The van der Waals surface area contributed by atoms with Crippen molar-refractivity contribution >= 4 is 12.4 Å². The maximum Gasteiger partial charge on any atom is 0.573 e. The molecule has 0 unspecified atom stereocenters. The summed E-state index contributed by atoms with van der Waals surface area (Å²) in [5.74, 6) is 1.11. The molecule has 2 aromatic rings. The zero-order valence-electron chi connectivity index (χ0n) is 11.2. The van der Waals surface area contributed by atoms with Crippen molar-refractivity contribution in [2.24, 2.45) is 5.73 Å². The molecule has 0 bridgehead atoms. The highest BCUT2D eigenvalue weighted by atomic mass is 35.5. The Labute approximate surface area is 126 Å². The van der Waals surface area contributed by atoms with Gasteiger partial charge in [0.15, 0.2) is 0 Å². The molecule has 0 amide bonds. The molecule has 2 rings (SSSR count). The molecule has 0 aliphatic rings. The minimum Gasteiger partial charge on any atom is -0.464 e. The van der Waals surface area contributed by atoms with Gasteiger partial charge in [0, 0.05) is 6.42 Å². The fraction of sp³-hybridized carbons (Fsp3) is 0.286. The summed E-state index contributed by atoms with van der Waals surface area (Å²) in [4.78, 5) is 0. The fourth-order valence-electron chi connectivity index (χ4n) is 1.79. The third kappa shape index (κ3) is 4.68. The average molecular weight is 322 g/mol. The second-order valence-electron chi connectivity index (χ2n) is 4.25. The van der Waals surface area contributed by atoms with Gasteiger partial charge in [-0.05, 0) is 29.8 Å². The summed E-state index contributed by atoms with van der Waals surface area (Å²) < 4.78 is 45.5. The van der Waals surface area contributed by atoms with Gasteiger partial charge in [0.1, 0.15) is 17.3 Å². The molecule has 3 nitrogen and oxygen atoms in total. The SMILES string of the molecule is CCc1ccc([C@H](N)c2ccc(OC(F)(F)F)cc2)o1.Cl. The second kappa shape index (κ2) is 6.87. The predicted molar refractivity (Wildman–Crippen MR) is 74.5 cm³/mol. The molecule has 0 saturated heterocycles. The molecule has 0 fully saturated rings. The van der Waals surface area contributed by atoms with E-state index in [1.165, 1.54) is 24.3 Å². The maximum absolute atomic E-state index is 12.0. The molecule has 0 radical (unpaired) electrons. The highest BCUT2D eigenvalue weighted by Crippen LogP contribution is 2.26. The third-order valence-corrected chi connectivity index (χ3v) is 2.81. The average Bonchev–Trinajstić information content (AvgIpc) is 2.85. The first-order chi connectivity index (χ1) is 9.39. The number of nitrogens with two attached hydrogens (primary N) is 1. The van der Waals surface area contributed by atoms with Crippen LogP contribution in [0.3, 0.4) is 0 Å². The van der Waals surface area contributed by atoms with Crippen molar-refractivity contribution < 1.29 is 22.3 Å². The van der Waals surface area contributed by atoms with Crippen LogP contribution in [0, 0.1) is 0 Å². The van der Waals surface area contributed by atoms with Crippen LogP contribution in [-0.2, 0) is 6.42 Å². The van der Waals surface area contributed by atoms with Crippen LogP contribution in [0.5, 0.6) is 5.75 Å². The van der Waals surface area contributed by atoms with Crippen molar-refractivity contribution in [2.45, 2.75) is 25.7 Å². The van der Waals surface area contributed by atoms with Crippen molar-refractivity contribution in [1.29, 1.82) is 0 Å². The number of alkyl halides is 3. The van der Waals surface area contributed by atoms with Crippen LogP contribution in [0.1, 0.15) is 30.0 Å². The van der Waals surface area contributed by atoms with E-state index in [-0.39, 0.29) is 18.2 Å². The van der Waals surface area contributed by atoms with E-state index in [1.54, 1.807) is 6.07 Å². The summed E-state index contributed by atoms with van der Waals surface area (Å²) in [6.07, 6.45) is -3.94. The van der Waals surface area contributed by atoms with Gasteiger partial charge >= 0.3 is 6.36 Å². The number of hydrogen-bond acceptors (Lipinski definition) is 3. The van der Waals surface area contributed by atoms with Crippen molar-refractivity contribution in [3.63, 3.8) is 0 Å². The fourth-order valence-corrected chi connectivity index (χ4v) is 1.79. The molecule has 1 aromatic heterocycles. The van der Waals surface area contributed by atoms with E-state index in [9.17, 15) is 13.2 Å². The molecule has 1 aromatic carbocycles. The van der Waals surface area contributed by atoms with E-state index in [0.29, 0.717) is 11.3 Å². The van der Waals surface area contributed by atoms with Crippen molar-refractivity contribution in [3.8, 4) is 5.75 Å². The van der Waals surface area contributed by atoms with E-state index in [1.807, 2.05) is 13.0 Å². The topological polar surface area (TPSA) is 48.4 Å². The van der Waals surface area contributed by atoms with Crippen LogP contribution in [0.15, 0.2) is 40.8 Å². The van der Waals surface area contributed by atoms with Crippen LogP contribution < -0.4 is 10.5 Å². The summed E-state index contributed by atoms with van der Waals surface area (Å²) in [6, 6.07) is 8.51. The van der Waals surface area contributed by atoms with Crippen LogP contribution in [0.4, 0.5) is 13.2 Å². The maximum atomic E-state index is 12.0. The number of aryl methyl sites for hydroxylation is 1. The number of hydrogen-bond donors (Lipinski definition) is 1. The van der Waals surface area contributed by atoms with Gasteiger partial charge in [-0.3, -0.25) is 0 Å². The van der Waals surface area contributed by atoms with Gasteiger partial charge in [0.25, 0.3) is 0 Å². The first-order valence-electron chi connectivity index (χ1n) is 6.09. The lowest BCUT2D eigenvalue weighted by Gasteiger charge is -2.12. The highest BCUT2D eigenvalue weighted by molar-refractivity contribution is 5.85. The molecule has 1 atom stereocenters. The molecular weight excluding hydrogens is 307 g/mol. The van der Waals surface area contributed by atoms with Gasteiger partial charge in [-0.2, -0.15) is 0 Å². The van der Waals surface area contributed by atoms with Gasteiger partial charge in [0.05, 0.1) is 6.04 Å². The molecule has 0 aliphatic carbocycles. The summed E-state index contributed by atoms with van der Waals surface area (Å²) in [5.41, 5.74) is 6.65. The minimum absolute atomic E-state index is 0. The zero-order chi connectivity index (χ0) is 14.8. The van der Waals surface area contributed by atoms with Crippen molar-refractivity contribution in [2.75, 3.05) is 0 Å². The van der Waals surface area contributed by atoms with Gasteiger partial charge in [-0.1, -0.05) is 19.1 Å². The Morgan fingerprint density at radius 2 is 1.76 bits per heavy atom. The molecule has 0 aliphatic heterocycles. The monoisotopic (exact) mass is 321 g/mol. The Hall–Kier alpha value is -1.66. The first kappa shape index (κ1) is 17.4. The summed E-state index contributed by atoms with van der Waals surface area (Å²) in [6.45, 7) is 1.96. The van der Waals surface area contributed by atoms with Gasteiger partial charge in [-0.15, -0.1) is 25.6 Å². The van der Waals surface area contributed by atoms with E-state index < -0.39 is 12.4 Å². The number of ether oxygens (including phenoxy) is 1. The van der Waals surface area contributed by atoms with E-state index >= 15 is 0 Å². The lowest BCUT2D eigenvalue weighted by molar-refractivity contribution is -0.274. The Morgan fingerprint density at radius 3 is 2.24 bits per heavy atom. The van der Waals surface area contributed by atoms with Crippen LogP contribution in [-0.4, -0.2) is 6.36 Å².